The van der Waals surface area contributed by atoms with Gasteiger partial charge in [0.15, 0.2) is 0 Å². The predicted octanol–water partition coefficient (Wildman–Crippen LogP) is 4.16. The minimum absolute atomic E-state index is 0.0527. The number of sulfonamides is 1. The van der Waals surface area contributed by atoms with Crippen molar-refractivity contribution >= 4 is 15.9 Å². The van der Waals surface area contributed by atoms with Crippen LogP contribution in [-0.2, 0) is 10.0 Å². The van der Waals surface area contributed by atoms with Crippen LogP contribution in [0.4, 0.5) is 0 Å². The van der Waals surface area contributed by atoms with Crippen LogP contribution in [0, 0.1) is 17.8 Å². The van der Waals surface area contributed by atoms with E-state index >= 15 is 0 Å². The van der Waals surface area contributed by atoms with Gasteiger partial charge in [0.25, 0.3) is 5.91 Å². The Labute approximate surface area is 187 Å². The largest absolute Gasteiger partial charge is 0.495 e. The number of amides is 1. The number of benzene rings is 1. The third kappa shape index (κ3) is 3.78. The molecule has 7 heteroatoms. The lowest BCUT2D eigenvalue weighted by molar-refractivity contribution is -0.0731. The number of methoxy groups -OCH3 is 1. The summed E-state index contributed by atoms with van der Waals surface area (Å²) < 4.78 is 33.2. The molecule has 4 bridgehead atoms. The zero-order valence-electron chi connectivity index (χ0n) is 19.3. The summed E-state index contributed by atoms with van der Waals surface area (Å²) in [6, 6.07) is 4.86. The van der Waals surface area contributed by atoms with E-state index in [1.807, 2.05) is 20.8 Å². The van der Waals surface area contributed by atoms with Crippen molar-refractivity contribution in [3.05, 3.63) is 23.8 Å². The monoisotopic (exact) mass is 448 g/mol. The van der Waals surface area contributed by atoms with E-state index in [9.17, 15) is 13.2 Å². The molecule has 1 amide bonds. The summed E-state index contributed by atoms with van der Waals surface area (Å²) in [6.45, 7) is 7.06. The van der Waals surface area contributed by atoms with Gasteiger partial charge in [-0.25, -0.2) is 8.42 Å². The Hall–Kier alpha value is -1.60. The van der Waals surface area contributed by atoms with Crippen molar-refractivity contribution in [3.63, 3.8) is 0 Å². The van der Waals surface area contributed by atoms with Crippen LogP contribution in [0.5, 0.6) is 5.75 Å². The SMILES string of the molecule is CCN(C(=O)c1ccc(OC)c(S(=O)(=O)N(CC)CC)c1)C12CC3CC(CC(C3)C1)C2. The van der Waals surface area contributed by atoms with E-state index in [2.05, 4.69) is 4.90 Å². The lowest BCUT2D eigenvalue weighted by atomic mass is 9.52. The van der Waals surface area contributed by atoms with Crippen LogP contribution < -0.4 is 4.74 Å². The Morgan fingerprint density at radius 3 is 2.00 bits per heavy atom. The van der Waals surface area contributed by atoms with Gasteiger partial charge in [-0.05, 0) is 81.4 Å². The quantitative estimate of drug-likeness (QED) is 0.599. The molecule has 4 aliphatic carbocycles. The first kappa shape index (κ1) is 22.6. The number of hydrogen-bond acceptors (Lipinski definition) is 4. The fraction of sp³-hybridized carbons (Fsp3) is 0.708. The highest BCUT2D eigenvalue weighted by atomic mass is 32.2. The molecule has 172 valence electrons. The molecule has 0 N–H and O–H groups in total. The Bertz CT molecular complexity index is 904. The smallest absolute Gasteiger partial charge is 0.254 e. The lowest BCUT2D eigenvalue weighted by Crippen LogP contribution is -2.61. The van der Waals surface area contributed by atoms with Crippen LogP contribution in [0.1, 0.15) is 69.7 Å². The summed E-state index contributed by atoms with van der Waals surface area (Å²) in [7, 11) is -2.28. The molecule has 0 spiro atoms. The fourth-order valence-electron chi connectivity index (χ4n) is 6.96. The van der Waals surface area contributed by atoms with E-state index in [1.54, 1.807) is 12.1 Å². The summed E-state index contributed by atoms with van der Waals surface area (Å²) in [5, 5.41) is 0. The molecule has 31 heavy (non-hydrogen) atoms. The second-order valence-electron chi connectivity index (χ2n) is 9.65. The zero-order valence-corrected chi connectivity index (χ0v) is 20.1. The molecule has 0 unspecified atom stereocenters. The van der Waals surface area contributed by atoms with Crippen LogP contribution in [0.2, 0.25) is 0 Å². The molecule has 0 aliphatic heterocycles. The zero-order chi connectivity index (χ0) is 22.4. The van der Waals surface area contributed by atoms with Crippen molar-refractivity contribution in [2.24, 2.45) is 17.8 Å². The van der Waals surface area contributed by atoms with Crippen LogP contribution in [-0.4, -0.2) is 55.8 Å². The van der Waals surface area contributed by atoms with E-state index in [-0.39, 0.29) is 22.1 Å². The molecular weight excluding hydrogens is 412 g/mol. The van der Waals surface area contributed by atoms with Crippen molar-refractivity contribution in [1.82, 2.24) is 9.21 Å². The molecule has 4 fully saturated rings. The molecular formula is C24H36N2O4S. The van der Waals surface area contributed by atoms with Gasteiger partial charge < -0.3 is 9.64 Å². The first-order valence-electron chi connectivity index (χ1n) is 11.8. The van der Waals surface area contributed by atoms with Crippen molar-refractivity contribution < 1.29 is 17.9 Å². The second kappa shape index (κ2) is 8.39. The first-order chi connectivity index (χ1) is 14.8. The summed E-state index contributed by atoms with van der Waals surface area (Å²) >= 11 is 0. The molecule has 4 saturated carbocycles. The first-order valence-corrected chi connectivity index (χ1v) is 13.2. The topological polar surface area (TPSA) is 66.9 Å². The van der Waals surface area contributed by atoms with Gasteiger partial charge in [-0.2, -0.15) is 4.31 Å². The van der Waals surface area contributed by atoms with E-state index in [4.69, 9.17) is 4.74 Å². The maximum absolute atomic E-state index is 13.8. The molecule has 0 heterocycles. The number of hydrogen-bond donors (Lipinski definition) is 0. The second-order valence-corrected chi connectivity index (χ2v) is 11.6. The summed E-state index contributed by atoms with van der Waals surface area (Å²) in [5.74, 6) is 2.44. The van der Waals surface area contributed by atoms with Crippen molar-refractivity contribution in [1.29, 1.82) is 0 Å². The van der Waals surface area contributed by atoms with Crippen LogP contribution in [0.25, 0.3) is 0 Å². The van der Waals surface area contributed by atoms with Gasteiger partial charge in [0.05, 0.1) is 7.11 Å². The number of nitrogens with zero attached hydrogens (tertiary/aromatic N) is 2. The third-order valence-electron chi connectivity index (χ3n) is 7.87. The minimum atomic E-state index is -3.74. The molecule has 0 atom stereocenters. The number of ether oxygens (including phenoxy) is 1. The maximum Gasteiger partial charge on any atom is 0.254 e. The van der Waals surface area contributed by atoms with Gasteiger partial charge in [-0.3, -0.25) is 4.79 Å². The van der Waals surface area contributed by atoms with Gasteiger partial charge in [-0.1, -0.05) is 13.8 Å². The average molecular weight is 449 g/mol. The molecule has 5 rings (SSSR count). The van der Waals surface area contributed by atoms with Gasteiger partial charge in [-0.15, -0.1) is 0 Å². The van der Waals surface area contributed by atoms with Gasteiger partial charge in [0.1, 0.15) is 10.6 Å². The van der Waals surface area contributed by atoms with Crippen molar-refractivity contribution in [2.75, 3.05) is 26.7 Å². The molecule has 0 saturated heterocycles. The Morgan fingerprint density at radius 2 is 1.55 bits per heavy atom. The maximum atomic E-state index is 13.8. The Kier molecular flexibility index (Phi) is 6.12. The Balaban J connectivity index is 1.70. The standard InChI is InChI=1S/C24H36N2O4S/c1-5-25(6-2)31(28,29)22-13-20(8-9-21(22)30-4)23(27)26(7-3)24-14-17-10-18(15-24)12-19(11-17)16-24/h8-9,13,17-19H,5-7,10-12,14-16H2,1-4H3. The fourth-order valence-corrected chi connectivity index (χ4v) is 8.60. The molecule has 4 aliphatic rings. The summed E-state index contributed by atoms with van der Waals surface area (Å²) in [4.78, 5) is 15.9. The molecule has 6 nitrogen and oxygen atoms in total. The molecule has 0 radical (unpaired) electrons. The van der Waals surface area contributed by atoms with E-state index < -0.39 is 10.0 Å². The summed E-state index contributed by atoms with van der Waals surface area (Å²) in [6.07, 6.45) is 7.25. The number of carbonyl (C=O) groups excluding carboxylic acids is 1. The highest BCUT2D eigenvalue weighted by Crippen LogP contribution is 2.58. The van der Waals surface area contributed by atoms with Gasteiger partial charge >= 0.3 is 0 Å². The number of carbonyl (C=O) groups is 1. The highest BCUT2D eigenvalue weighted by Gasteiger charge is 2.54. The van der Waals surface area contributed by atoms with E-state index in [1.165, 1.54) is 36.7 Å². The third-order valence-corrected chi connectivity index (χ3v) is 9.94. The predicted molar refractivity (Wildman–Crippen MR) is 121 cm³/mol. The molecule has 0 aromatic heterocycles. The Morgan fingerprint density at radius 1 is 1.00 bits per heavy atom. The van der Waals surface area contributed by atoms with Crippen LogP contribution >= 0.6 is 0 Å². The normalized spacial score (nSPS) is 29.4. The van der Waals surface area contributed by atoms with E-state index in [0.29, 0.717) is 25.2 Å². The summed E-state index contributed by atoms with van der Waals surface area (Å²) in [5.41, 5.74) is 0.377. The van der Waals surface area contributed by atoms with Crippen molar-refractivity contribution in [3.8, 4) is 5.75 Å². The van der Waals surface area contributed by atoms with Gasteiger partial charge in [0, 0.05) is 30.7 Å². The van der Waals surface area contributed by atoms with Crippen molar-refractivity contribution in [2.45, 2.75) is 69.7 Å². The molecule has 1 aromatic rings. The molecule has 1 aromatic carbocycles. The van der Waals surface area contributed by atoms with E-state index in [0.717, 1.165) is 37.0 Å². The van der Waals surface area contributed by atoms with Crippen LogP contribution in [0.3, 0.4) is 0 Å². The lowest BCUT2D eigenvalue weighted by Gasteiger charge is -2.60. The van der Waals surface area contributed by atoms with Gasteiger partial charge in [0.2, 0.25) is 10.0 Å². The highest BCUT2D eigenvalue weighted by molar-refractivity contribution is 7.89. The average Bonchev–Trinajstić information content (AvgIpc) is 2.73. The minimum Gasteiger partial charge on any atom is -0.495 e. The van der Waals surface area contributed by atoms with Crippen LogP contribution in [0.15, 0.2) is 23.1 Å². The number of rotatable bonds is 8.